The normalized spacial score (nSPS) is 10.7. The fourth-order valence-electron chi connectivity index (χ4n) is 1.94. The molecule has 0 bridgehead atoms. The predicted molar refractivity (Wildman–Crippen MR) is 76.0 cm³/mol. The number of anilines is 1. The molecule has 1 amide bonds. The average molecular weight is 268 g/mol. The van der Waals surface area contributed by atoms with Gasteiger partial charge < -0.3 is 9.73 Å². The van der Waals surface area contributed by atoms with Crippen molar-refractivity contribution >= 4 is 22.7 Å². The van der Waals surface area contributed by atoms with Gasteiger partial charge >= 0.3 is 5.76 Å². The highest BCUT2D eigenvalue weighted by Gasteiger charge is 2.07. The molecule has 2 N–H and O–H groups in total. The molecule has 20 heavy (non-hydrogen) atoms. The van der Waals surface area contributed by atoms with Gasteiger partial charge in [-0.1, -0.05) is 17.7 Å². The van der Waals surface area contributed by atoms with Crippen LogP contribution in [0.2, 0.25) is 0 Å². The van der Waals surface area contributed by atoms with Crippen LogP contribution >= 0.6 is 0 Å². The lowest BCUT2D eigenvalue weighted by atomic mass is 10.1. The number of aryl methyl sites for hydroxylation is 1. The molecule has 0 spiro atoms. The number of hydrogen-bond acceptors (Lipinski definition) is 3. The van der Waals surface area contributed by atoms with Gasteiger partial charge in [-0.05, 0) is 37.3 Å². The maximum Gasteiger partial charge on any atom is 0.417 e. The third-order valence-corrected chi connectivity index (χ3v) is 2.99. The Morgan fingerprint density at radius 2 is 1.90 bits per heavy atom. The number of hydrogen-bond donors (Lipinski definition) is 2. The smallest absolute Gasteiger partial charge is 0.408 e. The summed E-state index contributed by atoms with van der Waals surface area (Å²) < 4.78 is 4.90. The van der Waals surface area contributed by atoms with E-state index in [0.29, 0.717) is 22.4 Å². The van der Waals surface area contributed by atoms with Gasteiger partial charge in [0.25, 0.3) is 5.91 Å². The predicted octanol–water partition coefficient (Wildman–Crippen LogP) is 2.68. The SMILES string of the molecule is Cc1ccc(C(=O)Nc2ccc3oc(=O)[nH]c3c2)cc1. The molecule has 0 saturated carbocycles. The number of carbonyl (C=O) groups is 1. The minimum absolute atomic E-state index is 0.199. The maximum atomic E-state index is 12.1. The van der Waals surface area contributed by atoms with Crippen molar-refractivity contribution in [3.63, 3.8) is 0 Å². The molecule has 0 saturated heterocycles. The van der Waals surface area contributed by atoms with E-state index in [4.69, 9.17) is 4.42 Å². The summed E-state index contributed by atoms with van der Waals surface area (Å²) in [5, 5.41) is 2.78. The van der Waals surface area contributed by atoms with Gasteiger partial charge in [0.05, 0.1) is 5.52 Å². The highest BCUT2D eigenvalue weighted by molar-refractivity contribution is 6.04. The van der Waals surface area contributed by atoms with Gasteiger partial charge in [0.1, 0.15) is 0 Å². The first kappa shape index (κ1) is 12.2. The van der Waals surface area contributed by atoms with Crippen molar-refractivity contribution in [1.29, 1.82) is 0 Å². The third kappa shape index (κ3) is 2.33. The van der Waals surface area contributed by atoms with Crippen molar-refractivity contribution in [1.82, 2.24) is 4.98 Å². The summed E-state index contributed by atoms with van der Waals surface area (Å²) in [5.41, 5.74) is 3.29. The molecule has 1 heterocycles. The van der Waals surface area contributed by atoms with Gasteiger partial charge in [-0.3, -0.25) is 9.78 Å². The lowest BCUT2D eigenvalue weighted by Crippen LogP contribution is -2.11. The summed E-state index contributed by atoms with van der Waals surface area (Å²) in [6, 6.07) is 12.3. The molecule has 0 aliphatic heterocycles. The van der Waals surface area contributed by atoms with Crippen molar-refractivity contribution in [3.8, 4) is 0 Å². The van der Waals surface area contributed by atoms with Crippen molar-refractivity contribution in [2.45, 2.75) is 6.92 Å². The summed E-state index contributed by atoms with van der Waals surface area (Å²) >= 11 is 0. The Hall–Kier alpha value is -2.82. The molecule has 5 nitrogen and oxygen atoms in total. The van der Waals surface area contributed by atoms with Crippen LogP contribution in [-0.2, 0) is 0 Å². The van der Waals surface area contributed by atoms with Crippen molar-refractivity contribution in [3.05, 3.63) is 64.1 Å². The number of fused-ring (bicyclic) bond motifs is 1. The van der Waals surface area contributed by atoms with Crippen LogP contribution in [0.4, 0.5) is 5.69 Å². The second-order valence-corrected chi connectivity index (χ2v) is 4.55. The van der Waals surface area contributed by atoms with E-state index in [-0.39, 0.29) is 5.91 Å². The summed E-state index contributed by atoms with van der Waals surface area (Å²) in [6.07, 6.45) is 0. The Labute approximate surface area is 114 Å². The van der Waals surface area contributed by atoms with Crippen LogP contribution in [0, 0.1) is 6.92 Å². The summed E-state index contributed by atoms with van der Waals surface area (Å²) in [6.45, 7) is 1.96. The number of benzene rings is 2. The van der Waals surface area contributed by atoms with Crippen LogP contribution in [0.25, 0.3) is 11.1 Å². The van der Waals surface area contributed by atoms with E-state index in [1.807, 2.05) is 19.1 Å². The molecule has 0 radical (unpaired) electrons. The van der Waals surface area contributed by atoms with Crippen LogP contribution in [0.15, 0.2) is 51.7 Å². The zero-order valence-corrected chi connectivity index (χ0v) is 10.8. The van der Waals surface area contributed by atoms with E-state index >= 15 is 0 Å². The molecule has 100 valence electrons. The maximum absolute atomic E-state index is 12.1. The number of aromatic amines is 1. The minimum atomic E-state index is -0.512. The monoisotopic (exact) mass is 268 g/mol. The Balaban J connectivity index is 1.86. The van der Waals surface area contributed by atoms with E-state index in [1.54, 1.807) is 30.3 Å². The summed E-state index contributed by atoms with van der Waals surface area (Å²) in [5.74, 6) is -0.711. The molecule has 0 aliphatic rings. The molecular weight excluding hydrogens is 256 g/mol. The number of H-pyrrole nitrogens is 1. The van der Waals surface area contributed by atoms with Crippen molar-refractivity contribution in [2.75, 3.05) is 5.32 Å². The Bertz CT molecular complexity index is 828. The van der Waals surface area contributed by atoms with Crippen LogP contribution in [-0.4, -0.2) is 10.9 Å². The largest absolute Gasteiger partial charge is 0.417 e. The van der Waals surface area contributed by atoms with Gasteiger partial charge in [-0.25, -0.2) is 4.79 Å². The Morgan fingerprint density at radius 3 is 2.65 bits per heavy atom. The summed E-state index contributed by atoms with van der Waals surface area (Å²) in [7, 11) is 0. The fraction of sp³-hybridized carbons (Fsp3) is 0.0667. The Morgan fingerprint density at radius 1 is 1.15 bits per heavy atom. The highest BCUT2D eigenvalue weighted by atomic mass is 16.4. The van der Waals surface area contributed by atoms with E-state index in [9.17, 15) is 9.59 Å². The quantitative estimate of drug-likeness (QED) is 0.750. The highest BCUT2D eigenvalue weighted by Crippen LogP contribution is 2.17. The molecule has 0 atom stereocenters. The van der Waals surface area contributed by atoms with Crippen molar-refractivity contribution < 1.29 is 9.21 Å². The number of oxazole rings is 1. The van der Waals surface area contributed by atoms with Crippen LogP contribution in [0.3, 0.4) is 0 Å². The van der Waals surface area contributed by atoms with Crippen LogP contribution < -0.4 is 11.1 Å². The van der Waals surface area contributed by atoms with E-state index in [2.05, 4.69) is 10.3 Å². The number of nitrogens with one attached hydrogen (secondary N) is 2. The standard InChI is InChI=1S/C15H12N2O3/c1-9-2-4-10(5-3-9)14(18)16-11-6-7-13-12(8-11)17-15(19)20-13/h2-8H,1H3,(H,16,18)(H,17,19). The van der Waals surface area contributed by atoms with E-state index in [1.165, 1.54) is 0 Å². The molecule has 3 rings (SSSR count). The molecule has 0 unspecified atom stereocenters. The molecule has 0 aliphatic carbocycles. The topological polar surface area (TPSA) is 75.1 Å². The Kier molecular flexibility index (Phi) is 2.87. The van der Waals surface area contributed by atoms with Gasteiger partial charge in [-0.2, -0.15) is 0 Å². The van der Waals surface area contributed by atoms with Crippen LogP contribution in [0.1, 0.15) is 15.9 Å². The first-order valence-electron chi connectivity index (χ1n) is 6.13. The molecular formula is C15H12N2O3. The van der Waals surface area contributed by atoms with Gasteiger partial charge in [0.15, 0.2) is 5.58 Å². The molecule has 0 fully saturated rings. The average Bonchev–Trinajstić information content (AvgIpc) is 2.78. The minimum Gasteiger partial charge on any atom is -0.408 e. The first-order chi connectivity index (χ1) is 9.61. The van der Waals surface area contributed by atoms with E-state index in [0.717, 1.165) is 5.56 Å². The third-order valence-electron chi connectivity index (χ3n) is 2.99. The van der Waals surface area contributed by atoms with Crippen molar-refractivity contribution in [2.24, 2.45) is 0 Å². The number of rotatable bonds is 2. The second-order valence-electron chi connectivity index (χ2n) is 4.55. The van der Waals surface area contributed by atoms with Gasteiger partial charge in [0, 0.05) is 11.3 Å². The number of amides is 1. The van der Waals surface area contributed by atoms with E-state index < -0.39 is 5.76 Å². The first-order valence-corrected chi connectivity index (χ1v) is 6.13. The van der Waals surface area contributed by atoms with Gasteiger partial charge in [-0.15, -0.1) is 0 Å². The fourth-order valence-corrected chi connectivity index (χ4v) is 1.94. The molecule has 1 aromatic heterocycles. The lowest BCUT2D eigenvalue weighted by Gasteiger charge is -2.05. The van der Waals surface area contributed by atoms with Gasteiger partial charge in [0.2, 0.25) is 0 Å². The number of carbonyl (C=O) groups excluding carboxylic acids is 1. The zero-order chi connectivity index (χ0) is 14.1. The van der Waals surface area contributed by atoms with Crippen LogP contribution in [0.5, 0.6) is 0 Å². The lowest BCUT2D eigenvalue weighted by molar-refractivity contribution is 0.102. The molecule has 3 aromatic rings. The number of aromatic nitrogens is 1. The summed E-state index contributed by atoms with van der Waals surface area (Å²) in [4.78, 5) is 25.7. The molecule has 2 aromatic carbocycles. The molecule has 5 heteroatoms. The second kappa shape index (κ2) is 4.70. The zero-order valence-electron chi connectivity index (χ0n) is 10.8.